The first-order valence-corrected chi connectivity index (χ1v) is 6.22. The predicted molar refractivity (Wildman–Crippen MR) is 72.3 cm³/mol. The summed E-state index contributed by atoms with van der Waals surface area (Å²) in [7, 11) is 2.20. The molecule has 0 saturated carbocycles. The van der Waals surface area contributed by atoms with Crippen LogP contribution in [0.3, 0.4) is 0 Å². The molecule has 1 atom stereocenters. The van der Waals surface area contributed by atoms with Gasteiger partial charge in [-0.2, -0.15) is 0 Å². The first-order chi connectivity index (χ1) is 8.36. The number of para-hydroxylation sites is 1. The van der Waals surface area contributed by atoms with Gasteiger partial charge in [0.2, 0.25) is 0 Å². The highest BCUT2D eigenvalue weighted by Crippen LogP contribution is 2.36. The highest BCUT2D eigenvalue weighted by Gasteiger charge is 2.23. The van der Waals surface area contributed by atoms with Gasteiger partial charge in [-0.15, -0.1) is 0 Å². The van der Waals surface area contributed by atoms with E-state index in [-0.39, 0.29) is 0 Å². The van der Waals surface area contributed by atoms with Gasteiger partial charge in [0.25, 0.3) is 0 Å². The number of benzene rings is 2. The molecule has 1 nitrogen and oxygen atoms in total. The van der Waals surface area contributed by atoms with E-state index in [1.54, 1.807) is 0 Å². The van der Waals surface area contributed by atoms with Crippen LogP contribution in [0.4, 0.5) is 5.69 Å². The molecule has 0 N–H and O–H groups in total. The molecule has 2 aromatic carbocycles. The van der Waals surface area contributed by atoms with Gasteiger partial charge in [0, 0.05) is 12.7 Å². The summed E-state index contributed by atoms with van der Waals surface area (Å²) in [6, 6.07) is 20.1. The van der Waals surface area contributed by atoms with Gasteiger partial charge in [-0.3, -0.25) is 0 Å². The zero-order valence-corrected chi connectivity index (χ0v) is 10.1. The van der Waals surface area contributed by atoms with Crippen molar-refractivity contribution in [2.75, 3.05) is 11.9 Å². The standard InChI is InChI=1S/C16H17N/c1-17-15-10-6-5-9-14(15)11-12-16(17)13-7-3-2-4-8-13/h2-10,16H,11-12H2,1H3. The third-order valence-corrected chi connectivity index (χ3v) is 3.71. The fourth-order valence-corrected chi connectivity index (χ4v) is 2.79. The molecule has 3 rings (SSSR count). The summed E-state index contributed by atoms with van der Waals surface area (Å²) in [4.78, 5) is 2.41. The van der Waals surface area contributed by atoms with Crippen LogP contribution < -0.4 is 4.90 Å². The number of fused-ring (bicyclic) bond motifs is 1. The molecule has 1 heterocycles. The summed E-state index contributed by atoms with van der Waals surface area (Å²) >= 11 is 0. The van der Waals surface area contributed by atoms with Crippen molar-refractivity contribution in [2.24, 2.45) is 0 Å². The smallest absolute Gasteiger partial charge is 0.0542 e. The molecule has 0 fully saturated rings. The first kappa shape index (κ1) is 10.4. The highest BCUT2D eigenvalue weighted by molar-refractivity contribution is 5.56. The molecule has 0 radical (unpaired) electrons. The lowest BCUT2D eigenvalue weighted by molar-refractivity contribution is 0.584. The summed E-state index contributed by atoms with van der Waals surface area (Å²) in [6.45, 7) is 0. The Kier molecular flexibility index (Phi) is 2.60. The molecule has 86 valence electrons. The largest absolute Gasteiger partial charge is 0.367 e. The molecule has 1 aliphatic rings. The Morgan fingerprint density at radius 2 is 1.65 bits per heavy atom. The molecule has 0 amide bonds. The number of hydrogen-bond donors (Lipinski definition) is 0. The van der Waals surface area contributed by atoms with Crippen molar-refractivity contribution in [1.29, 1.82) is 0 Å². The fourth-order valence-electron chi connectivity index (χ4n) is 2.79. The maximum Gasteiger partial charge on any atom is 0.0542 e. The lowest BCUT2D eigenvalue weighted by Crippen LogP contribution is -2.29. The van der Waals surface area contributed by atoms with Gasteiger partial charge in [0.15, 0.2) is 0 Å². The van der Waals surface area contributed by atoms with E-state index in [4.69, 9.17) is 0 Å². The summed E-state index contributed by atoms with van der Waals surface area (Å²) in [5.41, 5.74) is 4.28. The summed E-state index contributed by atoms with van der Waals surface area (Å²) in [5, 5.41) is 0. The van der Waals surface area contributed by atoms with E-state index in [1.807, 2.05) is 0 Å². The van der Waals surface area contributed by atoms with Crippen LogP contribution in [0, 0.1) is 0 Å². The Bertz CT molecular complexity index is 504. The zero-order valence-electron chi connectivity index (χ0n) is 10.1. The minimum atomic E-state index is 0.520. The molecule has 0 aromatic heterocycles. The fraction of sp³-hybridized carbons (Fsp3) is 0.250. The first-order valence-electron chi connectivity index (χ1n) is 6.22. The van der Waals surface area contributed by atoms with Crippen LogP contribution in [0.25, 0.3) is 0 Å². The molecule has 0 bridgehead atoms. The van der Waals surface area contributed by atoms with Crippen molar-refractivity contribution in [3.8, 4) is 0 Å². The average Bonchev–Trinajstić information content (AvgIpc) is 2.40. The van der Waals surface area contributed by atoms with Gasteiger partial charge < -0.3 is 4.90 Å². The zero-order chi connectivity index (χ0) is 11.7. The molecule has 0 aliphatic carbocycles. The lowest BCUT2D eigenvalue weighted by atomic mass is 9.92. The van der Waals surface area contributed by atoms with Crippen LogP contribution in [0.5, 0.6) is 0 Å². The number of nitrogens with zero attached hydrogens (tertiary/aromatic N) is 1. The van der Waals surface area contributed by atoms with E-state index < -0.39 is 0 Å². The van der Waals surface area contributed by atoms with Crippen molar-refractivity contribution in [3.05, 3.63) is 65.7 Å². The number of rotatable bonds is 1. The molecule has 0 saturated heterocycles. The van der Waals surface area contributed by atoms with E-state index in [0.29, 0.717) is 6.04 Å². The van der Waals surface area contributed by atoms with E-state index in [1.165, 1.54) is 29.7 Å². The van der Waals surface area contributed by atoms with Crippen LogP contribution >= 0.6 is 0 Å². The minimum Gasteiger partial charge on any atom is -0.367 e. The Morgan fingerprint density at radius 1 is 0.941 bits per heavy atom. The van der Waals surface area contributed by atoms with Crippen LogP contribution in [-0.2, 0) is 6.42 Å². The van der Waals surface area contributed by atoms with E-state index >= 15 is 0 Å². The van der Waals surface area contributed by atoms with E-state index in [9.17, 15) is 0 Å². The van der Waals surface area contributed by atoms with Gasteiger partial charge in [-0.25, -0.2) is 0 Å². The molecular formula is C16H17N. The quantitative estimate of drug-likeness (QED) is 0.710. The van der Waals surface area contributed by atoms with Gasteiger partial charge in [0.1, 0.15) is 0 Å². The molecule has 2 aromatic rings. The van der Waals surface area contributed by atoms with Gasteiger partial charge in [-0.05, 0) is 30.0 Å². The topological polar surface area (TPSA) is 3.24 Å². The van der Waals surface area contributed by atoms with Crippen LogP contribution in [-0.4, -0.2) is 7.05 Å². The Balaban J connectivity index is 1.97. The Hall–Kier alpha value is -1.76. The second-order valence-electron chi connectivity index (χ2n) is 4.70. The van der Waals surface area contributed by atoms with Crippen molar-refractivity contribution >= 4 is 5.69 Å². The average molecular weight is 223 g/mol. The monoisotopic (exact) mass is 223 g/mol. The van der Waals surface area contributed by atoms with Crippen LogP contribution in [0.1, 0.15) is 23.6 Å². The normalized spacial score (nSPS) is 18.9. The summed E-state index contributed by atoms with van der Waals surface area (Å²) < 4.78 is 0. The maximum atomic E-state index is 2.41. The third-order valence-electron chi connectivity index (χ3n) is 3.71. The second kappa shape index (κ2) is 4.25. The third kappa shape index (κ3) is 1.82. The molecule has 1 aliphatic heterocycles. The summed E-state index contributed by atoms with van der Waals surface area (Å²) in [5.74, 6) is 0. The summed E-state index contributed by atoms with van der Waals surface area (Å²) in [6.07, 6.45) is 2.39. The minimum absolute atomic E-state index is 0.520. The SMILES string of the molecule is CN1c2ccccc2CCC1c1ccccc1. The molecular weight excluding hydrogens is 206 g/mol. The lowest BCUT2D eigenvalue weighted by Gasteiger charge is -2.36. The Morgan fingerprint density at radius 3 is 2.47 bits per heavy atom. The maximum absolute atomic E-state index is 2.41. The van der Waals surface area contributed by atoms with Crippen molar-refractivity contribution < 1.29 is 0 Å². The van der Waals surface area contributed by atoms with Crippen LogP contribution in [0.2, 0.25) is 0 Å². The number of aryl methyl sites for hydroxylation is 1. The number of anilines is 1. The second-order valence-corrected chi connectivity index (χ2v) is 4.70. The predicted octanol–water partition coefficient (Wildman–Crippen LogP) is 3.81. The van der Waals surface area contributed by atoms with Crippen LogP contribution in [0.15, 0.2) is 54.6 Å². The van der Waals surface area contributed by atoms with Crippen molar-refractivity contribution in [1.82, 2.24) is 0 Å². The highest BCUT2D eigenvalue weighted by atomic mass is 15.1. The van der Waals surface area contributed by atoms with Gasteiger partial charge in [-0.1, -0.05) is 48.5 Å². The molecule has 17 heavy (non-hydrogen) atoms. The Labute approximate surface area is 103 Å². The van der Waals surface area contributed by atoms with Crippen molar-refractivity contribution in [3.63, 3.8) is 0 Å². The van der Waals surface area contributed by atoms with Gasteiger partial charge in [0.05, 0.1) is 6.04 Å². The van der Waals surface area contributed by atoms with E-state index in [0.717, 1.165) is 0 Å². The molecule has 1 unspecified atom stereocenters. The van der Waals surface area contributed by atoms with E-state index in [2.05, 4.69) is 66.5 Å². The number of hydrogen-bond acceptors (Lipinski definition) is 1. The molecule has 0 spiro atoms. The van der Waals surface area contributed by atoms with Crippen molar-refractivity contribution in [2.45, 2.75) is 18.9 Å². The van der Waals surface area contributed by atoms with Gasteiger partial charge >= 0.3 is 0 Å². The molecule has 1 heteroatoms.